The van der Waals surface area contributed by atoms with Crippen molar-refractivity contribution in [3.63, 3.8) is 0 Å². The van der Waals surface area contributed by atoms with E-state index in [1.54, 1.807) is 0 Å². The van der Waals surface area contributed by atoms with E-state index in [4.69, 9.17) is 11.1 Å². The van der Waals surface area contributed by atoms with Crippen molar-refractivity contribution < 1.29 is 59.8 Å². The molecule has 0 saturated carbocycles. The molecule has 76 valence electrons. The van der Waals surface area contributed by atoms with Gasteiger partial charge >= 0.3 is 25.8 Å². The molecule has 2 nitrogen and oxygen atoms in total. The molecule has 3 N–H and O–H groups in total. The van der Waals surface area contributed by atoms with Crippen LogP contribution in [0.4, 0.5) is 0 Å². The molecule has 0 amide bonds. The fourth-order valence-electron chi connectivity index (χ4n) is 1.04. The quantitative estimate of drug-likeness (QED) is 0.235. The second-order valence-electron chi connectivity index (χ2n) is 2.66. The zero-order valence-electron chi connectivity index (χ0n) is 8.07. The van der Waals surface area contributed by atoms with Gasteiger partial charge in [-0.1, -0.05) is 18.2 Å². The van der Waals surface area contributed by atoms with Gasteiger partial charge < -0.3 is 39.7 Å². The van der Waals surface area contributed by atoms with E-state index in [1.165, 1.54) is 5.56 Å². The number of rotatable bonds is 1. The van der Waals surface area contributed by atoms with E-state index in [0.717, 1.165) is 11.1 Å². The zero-order valence-corrected chi connectivity index (χ0v) is 14.8. The summed E-state index contributed by atoms with van der Waals surface area (Å²) in [5.41, 5.74) is 8.48. The third-order valence-corrected chi connectivity index (χ3v) is 1.89. The number of halogens is 2. The molecule has 0 unspecified atom stereocenters. The van der Waals surface area contributed by atoms with Gasteiger partial charge in [0.15, 0.2) is 0 Å². The SMILES string of the molecule is Cc1cccc(C(=N)N)c1C.[Br-].[Br-].[Hf+2]. The Balaban J connectivity index is -0.000000403. The van der Waals surface area contributed by atoms with Crippen LogP contribution in [0.15, 0.2) is 18.2 Å². The summed E-state index contributed by atoms with van der Waals surface area (Å²) in [6, 6.07) is 5.80. The molecule has 14 heavy (non-hydrogen) atoms. The van der Waals surface area contributed by atoms with E-state index >= 15 is 0 Å². The summed E-state index contributed by atoms with van der Waals surface area (Å²) in [7, 11) is 0. The van der Waals surface area contributed by atoms with Gasteiger partial charge in [0.2, 0.25) is 0 Å². The van der Waals surface area contributed by atoms with Crippen molar-refractivity contribution in [2.75, 3.05) is 0 Å². The molecule has 0 saturated heterocycles. The Labute approximate surface area is 124 Å². The topological polar surface area (TPSA) is 49.9 Å². The molecule has 0 aromatic heterocycles. The number of aryl methyl sites for hydroxylation is 1. The number of nitrogens with one attached hydrogen (secondary N) is 1. The number of benzene rings is 1. The van der Waals surface area contributed by atoms with E-state index in [-0.39, 0.29) is 65.6 Å². The van der Waals surface area contributed by atoms with E-state index < -0.39 is 0 Å². The van der Waals surface area contributed by atoms with Gasteiger partial charge in [-0.15, -0.1) is 0 Å². The number of hydrogen-bond donors (Lipinski definition) is 2. The van der Waals surface area contributed by atoms with Crippen molar-refractivity contribution in [3.8, 4) is 0 Å². The van der Waals surface area contributed by atoms with Crippen LogP contribution in [0, 0.1) is 19.3 Å². The molecule has 1 rings (SSSR count). The molecule has 0 radical (unpaired) electrons. The molecule has 0 aliphatic rings. The summed E-state index contributed by atoms with van der Waals surface area (Å²) < 4.78 is 0. The molecule has 0 spiro atoms. The standard InChI is InChI=1S/C9H12N2.2BrH.Hf/c1-6-4-3-5-8(7(6)2)9(10)11;;;/h3-5H,1-2H3,(H3,10,11);2*1H;/q;;;+2/p-2. The normalized spacial score (nSPS) is 7.57. The van der Waals surface area contributed by atoms with Gasteiger partial charge in [0.05, 0.1) is 0 Å². The van der Waals surface area contributed by atoms with Gasteiger partial charge in [0, 0.05) is 5.56 Å². The van der Waals surface area contributed by atoms with E-state index in [0.29, 0.717) is 0 Å². The first kappa shape index (κ1) is 20.0. The van der Waals surface area contributed by atoms with Crippen LogP contribution in [0.3, 0.4) is 0 Å². The van der Waals surface area contributed by atoms with Crippen molar-refractivity contribution in [1.29, 1.82) is 5.41 Å². The molecular formula is C9H12Br2HfN2. The van der Waals surface area contributed by atoms with Crippen LogP contribution in [-0.2, 0) is 25.8 Å². The Bertz CT molecular complexity index is 303. The van der Waals surface area contributed by atoms with Crippen LogP contribution in [0.1, 0.15) is 16.7 Å². The van der Waals surface area contributed by atoms with Crippen molar-refractivity contribution >= 4 is 5.84 Å². The van der Waals surface area contributed by atoms with Crippen LogP contribution < -0.4 is 39.7 Å². The van der Waals surface area contributed by atoms with Gasteiger partial charge in [-0.05, 0) is 25.0 Å². The minimum Gasteiger partial charge on any atom is -1.00 e. The molecule has 0 aliphatic carbocycles. The Morgan fingerprint density at radius 1 is 1.21 bits per heavy atom. The van der Waals surface area contributed by atoms with Crippen LogP contribution in [0.5, 0.6) is 0 Å². The molecule has 0 atom stereocenters. The van der Waals surface area contributed by atoms with Crippen LogP contribution in [-0.4, -0.2) is 5.84 Å². The molecular weight excluding hydrogens is 474 g/mol. The molecule has 0 fully saturated rings. The smallest absolute Gasteiger partial charge is 1.00 e. The maximum absolute atomic E-state index is 7.25. The molecule has 1 aromatic rings. The number of amidine groups is 1. The summed E-state index contributed by atoms with van der Waals surface area (Å²) >= 11 is 0. The first-order valence-corrected chi connectivity index (χ1v) is 3.53. The first-order valence-electron chi connectivity index (χ1n) is 3.53. The summed E-state index contributed by atoms with van der Waals surface area (Å²) in [5, 5.41) is 7.25. The van der Waals surface area contributed by atoms with Gasteiger partial charge in [-0.2, -0.15) is 0 Å². The van der Waals surface area contributed by atoms with Gasteiger partial charge in [-0.25, -0.2) is 0 Å². The molecule has 0 heterocycles. The van der Waals surface area contributed by atoms with Crippen molar-refractivity contribution in [3.05, 3.63) is 34.9 Å². The van der Waals surface area contributed by atoms with Crippen LogP contribution in [0.2, 0.25) is 0 Å². The Morgan fingerprint density at radius 2 is 1.71 bits per heavy atom. The first-order chi connectivity index (χ1) is 5.13. The Hall–Kier alpha value is 0.520. The van der Waals surface area contributed by atoms with E-state index in [9.17, 15) is 0 Å². The molecule has 1 aromatic carbocycles. The zero-order chi connectivity index (χ0) is 8.43. The summed E-state index contributed by atoms with van der Waals surface area (Å²) in [4.78, 5) is 0. The maximum atomic E-state index is 7.25. The summed E-state index contributed by atoms with van der Waals surface area (Å²) in [6.07, 6.45) is 0. The van der Waals surface area contributed by atoms with Crippen LogP contribution >= 0.6 is 0 Å². The van der Waals surface area contributed by atoms with Crippen molar-refractivity contribution in [1.82, 2.24) is 0 Å². The monoisotopic (exact) mass is 486 g/mol. The van der Waals surface area contributed by atoms with E-state index in [2.05, 4.69) is 0 Å². The predicted octanol–water partition coefficient (Wildman–Crippen LogP) is -4.41. The molecule has 0 bridgehead atoms. The summed E-state index contributed by atoms with van der Waals surface area (Å²) in [5.74, 6) is 0.145. The molecule has 5 heteroatoms. The largest absolute Gasteiger partial charge is 2.00 e. The second kappa shape index (κ2) is 8.80. The van der Waals surface area contributed by atoms with Crippen molar-refractivity contribution in [2.24, 2.45) is 5.73 Å². The van der Waals surface area contributed by atoms with E-state index in [1.807, 2.05) is 32.0 Å². The third kappa shape index (κ3) is 4.84. The van der Waals surface area contributed by atoms with Gasteiger partial charge in [-0.3, -0.25) is 5.41 Å². The van der Waals surface area contributed by atoms with Crippen molar-refractivity contribution in [2.45, 2.75) is 13.8 Å². The fraction of sp³-hybridized carbons (Fsp3) is 0.222. The number of hydrogen-bond acceptors (Lipinski definition) is 1. The van der Waals surface area contributed by atoms with Crippen LogP contribution in [0.25, 0.3) is 0 Å². The third-order valence-electron chi connectivity index (χ3n) is 1.89. The fourth-order valence-corrected chi connectivity index (χ4v) is 1.04. The van der Waals surface area contributed by atoms with Gasteiger partial charge in [0.25, 0.3) is 0 Å². The Morgan fingerprint density at radius 3 is 2.07 bits per heavy atom. The minimum atomic E-state index is 0. The average Bonchev–Trinajstić information content (AvgIpc) is 1.94. The summed E-state index contributed by atoms with van der Waals surface area (Å²) in [6.45, 7) is 3.99. The van der Waals surface area contributed by atoms with Gasteiger partial charge in [0.1, 0.15) is 5.84 Å². The molecule has 0 aliphatic heterocycles. The average molecular weight is 487 g/mol. The number of nitrogen functional groups attached to an aromatic ring is 1. The predicted molar refractivity (Wildman–Crippen MR) is 46.9 cm³/mol. The number of nitrogens with two attached hydrogens (primary N) is 1. The maximum Gasteiger partial charge on any atom is 2.00 e. The second-order valence-corrected chi connectivity index (χ2v) is 2.66. The minimum absolute atomic E-state index is 0. The Kier molecular flexibility index (Phi) is 12.6.